The van der Waals surface area contributed by atoms with E-state index in [1.807, 2.05) is 42.7 Å². The Labute approximate surface area is 262 Å². The summed E-state index contributed by atoms with van der Waals surface area (Å²) in [6.07, 6.45) is -1.29. The number of nitrogens with zero attached hydrogens (tertiary/aromatic N) is 6. The number of Topliss-reactive ketones (excluding diaryl/α,β-unsaturated/α-hetero) is 2. The highest BCUT2D eigenvalue weighted by molar-refractivity contribution is 6.15. The number of carbonyl (C=O) groups excluding carboxylic acids is 2. The number of rotatable bonds is 4. The van der Waals surface area contributed by atoms with Crippen molar-refractivity contribution in [1.82, 2.24) is 9.97 Å². The molecule has 0 aliphatic rings. The lowest BCUT2D eigenvalue weighted by Crippen LogP contribution is -2.22. The first-order chi connectivity index (χ1) is 22.6. The molecule has 0 fully saturated rings. The number of hydrogen-bond acceptors (Lipinski definition) is 8. The third kappa shape index (κ3) is 4.78. The number of nitriles is 2. The van der Waals surface area contributed by atoms with E-state index in [0.717, 1.165) is 23.3 Å². The van der Waals surface area contributed by atoms with Crippen LogP contribution in [-0.2, 0) is 0 Å². The van der Waals surface area contributed by atoms with Gasteiger partial charge in [0.05, 0.1) is 11.0 Å². The van der Waals surface area contributed by atoms with Crippen molar-refractivity contribution < 1.29 is 22.8 Å². The second kappa shape index (κ2) is 10.8. The Morgan fingerprint density at radius 2 is 1.00 bits per heavy atom. The maximum absolute atomic E-state index is 12.9. The van der Waals surface area contributed by atoms with Gasteiger partial charge < -0.3 is 0 Å². The van der Waals surface area contributed by atoms with Crippen LogP contribution in [0.15, 0.2) is 94.9 Å². The van der Waals surface area contributed by atoms with E-state index in [1.54, 1.807) is 30.3 Å². The number of halogens is 3. The maximum atomic E-state index is 12.9. The zero-order valence-electron chi connectivity index (χ0n) is 24.2. The average molecular weight is 623 g/mol. The quantitative estimate of drug-likeness (QED) is 0.153. The summed E-state index contributed by atoms with van der Waals surface area (Å²) < 4.78 is 38.6. The Morgan fingerprint density at radius 1 is 0.596 bits per heavy atom. The minimum atomic E-state index is -4.98. The summed E-state index contributed by atoms with van der Waals surface area (Å²) in [6.45, 7) is 1.50. The van der Waals surface area contributed by atoms with Crippen molar-refractivity contribution in [2.24, 2.45) is 9.98 Å². The van der Waals surface area contributed by atoms with Gasteiger partial charge in [0.25, 0.3) is 5.78 Å². The van der Waals surface area contributed by atoms with Crippen LogP contribution in [0.25, 0.3) is 65.9 Å². The molecule has 47 heavy (non-hydrogen) atoms. The Kier molecular flexibility index (Phi) is 6.69. The van der Waals surface area contributed by atoms with Crippen molar-refractivity contribution in [1.29, 1.82) is 10.5 Å². The standard InChI is InChI=1S/C36H17F3N6O2/c1-18(46)19-2-4-20(5-3-19)23-10-12-25-27(14-23)29(42-16-40)33-31(25)44-34-30(43-17-41)28-15-24(11-13-26(28)32(34)45-33)21-6-8-22(9-7-21)35(47)36(37,38)39/h2-15H,1H3. The first-order valence-corrected chi connectivity index (χ1v) is 14.1. The summed E-state index contributed by atoms with van der Waals surface area (Å²) in [5.41, 5.74) is 4.63. The lowest BCUT2D eigenvalue weighted by atomic mass is 10.0. The molecule has 0 unspecified atom stereocenters. The van der Waals surface area contributed by atoms with Crippen LogP contribution in [0.2, 0.25) is 0 Å². The summed E-state index contributed by atoms with van der Waals surface area (Å²) in [5, 5.41) is 22.3. The normalized spacial score (nSPS) is 12.6. The molecule has 0 saturated heterocycles. The number of benzene rings is 4. The van der Waals surface area contributed by atoms with Gasteiger partial charge in [-0.1, -0.05) is 72.8 Å². The monoisotopic (exact) mass is 622 g/mol. The Morgan fingerprint density at radius 3 is 1.38 bits per heavy atom. The van der Waals surface area contributed by atoms with E-state index >= 15 is 0 Å². The Bertz CT molecular complexity index is 2670. The highest BCUT2D eigenvalue weighted by atomic mass is 19.4. The molecule has 7 rings (SSSR count). The van der Waals surface area contributed by atoms with Crippen molar-refractivity contribution >= 4 is 55.2 Å². The highest BCUT2D eigenvalue weighted by Crippen LogP contribution is 2.32. The molecule has 0 amide bonds. The van der Waals surface area contributed by atoms with Crippen molar-refractivity contribution in [3.05, 3.63) is 107 Å². The second-order valence-electron chi connectivity index (χ2n) is 10.8. The predicted octanol–water partition coefficient (Wildman–Crippen LogP) is 7.01. The molecule has 0 N–H and O–H groups in total. The van der Waals surface area contributed by atoms with Crippen LogP contribution in [0.5, 0.6) is 0 Å². The fraction of sp³-hybridized carbons (Fsp3) is 0.0556. The lowest BCUT2D eigenvalue weighted by molar-refractivity contribution is -0.0885. The highest BCUT2D eigenvalue weighted by Gasteiger charge is 2.39. The molecule has 0 saturated carbocycles. The molecule has 7 aromatic rings. The van der Waals surface area contributed by atoms with Crippen LogP contribution in [-0.4, -0.2) is 27.7 Å². The molecule has 0 aliphatic carbocycles. The van der Waals surface area contributed by atoms with E-state index in [1.165, 1.54) is 19.1 Å². The molecule has 0 bridgehead atoms. The SMILES string of the molecule is CC(=O)c1ccc(-c2ccc3c(c2)c(=NC#N)c2nc4c(nc23)c(=NC#N)c2cc(-c3ccc(C(=O)C(F)(F)F)cc3)ccc24)cc1. The van der Waals surface area contributed by atoms with Gasteiger partial charge in [-0.05, 0) is 41.3 Å². The predicted molar refractivity (Wildman–Crippen MR) is 168 cm³/mol. The number of ketones is 2. The molecule has 8 nitrogen and oxygen atoms in total. The maximum Gasteiger partial charge on any atom is 0.454 e. The number of hydrogen-bond donors (Lipinski definition) is 0. The molecule has 224 valence electrons. The van der Waals surface area contributed by atoms with E-state index in [-0.39, 0.29) is 11.1 Å². The van der Waals surface area contributed by atoms with Crippen LogP contribution >= 0.6 is 0 Å². The summed E-state index contributed by atoms with van der Waals surface area (Å²) in [6, 6.07) is 23.1. The summed E-state index contributed by atoms with van der Waals surface area (Å²) in [4.78, 5) is 41.3. The first-order valence-electron chi connectivity index (χ1n) is 14.1. The second-order valence-corrected chi connectivity index (χ2v) is 10.8. The van der Waals surface area contributed by atoms with Gasteiger partial charge in [0.15, 0.2) is 5.78 Å². The molecule has 0 atom stereocenters. The van der Waals surface area contributed by atoms with Crippen molar-refractivity contribution in [2.75, 3.05) is 0 Å². The van der Waals surface area contributed by atoms with Crippen LogP contribution < -0.4 is 10.7 Å². The van der Waals surface area contributed by atoms with Gasteiger partial charge in [-0.2, -0.15) is 33.7 Å². The molecule has 1 heterocycles. The van der Waals surface area contributed by atoms with Crippen molar-refractivity contribution in [2.45, 2.75) is 13.1 Å². The molecule has 11 heteroatoms. The smallest absolute Gasteiger partial charge is 0.295 e. The topological polar surface area (TPSA) is 132 Å². The fourth-order valence-corrected chi connectivity index (χ4v) is 5.85. The largest absolute Gasteiger partial charge is 0.454 e. The molecular weight excluding hydrogens is 605 g/mol. The Balaban J connectivity index is 1.42. The summed E-state index contributed by atoms with van der Waals surface area (Å²) >= 11 is 0. The molecular formula is C36H17F3N6O2. The van der Waals surface area contributed by atoms with E-state index in [0.29, 0.717) is 65.7 Å². The number of alkyl halides is 3. The van der Waals surface area contributed by atoms with Gasteiger partial charge in [-0.3, -0.25) is 9.59 Å². The van der Waals surface area contributed by atoms with E-state index < -0.39 is 17.5 Å². The zero-order valence-corrected chi connectivity index (χ0v) is 24.2. The third-order valence-electron chi connectivity index (χ3n) is 8.09. The van der Waals surface area contributed by atoms with Gasteiger partial charge in [-0.15, -0.1) is 0 Å². The lowest BCUT2D eigenvalue weighted by Gasteiger charge is -2.07. The minimum absolute atomic E-state index is 0.0390. The number of carbonyl (C=O) groups is 2. The van der Waals surface area contributed by atoms with Gasteiger partial charge in [0.1, 0.15) is 21.7 Å². The summed E-state index contributed by atoms with van der Waals surface area (Å²) in [7, 11) is 0. The van der Waals surface area contributed by atoms with Crippen LogP contribution in [0.3, 0.4) is 0 Å². The molecule has 0 radical (unpaired) electrons. The van der Waals surface area contributed by atoms with E-state index in [9.17, 15) is 33.3 Å². The van der Waals surface area contributed by atoms with Gasteiger partial charge in [0.2, 0.25) is 12.4 Å². The molecule has 1 aromatic heterocycles. The van der Waals surface area contributed by atoms with E-state index in [2.05, 4.69) is 9.98 Å². The van der Waals surface area contributed by atoms with Crippen molar-refractivity contribution in [3.8, 4) is 34.6 Å². The van der Waals surface area contributed by atoms with Gasteiger partial charge >= 0.3 is 6.18 Å². The third-order valence-corrected chi connectivity index (χ3v) is 8.09. The number of fused-ring (bicyclic) bond motifs is 6. The van der Waals surface area contributed by atoms with Gasteiger partial charge in [0, 0.05) is 32.7 Å². The van der Waals surface area contributed by atoms with E-state index in [4.69, 9.17) is 9.97 Å². The molecule has 6 aromatic carbocycles. The van der Waals surface area contributed by atoms with Crippen molar-refractivity contribution in [3.63, 3.8) is 0 Å². The van der Waals surface area contributed by atoms with Gasteiger partial charge in [-0.25, -0.2) is 9.97 Å². The molecule has 0 spiro atoms. The fourth-order valence-electron chi connectivity index (χ4n) is 5.85. The number of aromatic nitrogens is 2. The average Bonchev–Trinajstić information content (AvgIpc) is 3.54. The van der Waals surface area contributed by atoms with Crippen LogP contribution in [0.4, 0.5) is 13.2 Å². The van der Waals surface area contributed by atoms with Crippen LogP contribution in [0, 0.1) is 22.9 Å². The van der Waals surface area contributed by atoms with Crippen LogP contribution in [0.1, 0.15) is 27.6 Å². The minimum Gasteiger partial charge on any atom is -0.295 e. The first kappa shape index (κ1) is 29.1. The Hall–Kier alpha value is -6.59. The zero-order chi connectivity index (χ0) is 33.0. The molecule has 0 aliphatic heterocycles. The summed E-state index contributed by atoms with van der Waals surface area (Å²) in [5.74, 6) is -1.97.